The molecule has 2 aromatic heterocycles. The molecule has 0 fully saturated rings. The van der Waals surface area contributed by atoms with Gasteiger partial charge in [-0.15, -0.1) is 0 Å². The highest BCUT2D eigenvalue weighted by Crippen LogP contribution is 2.25. The molecule has 21 heavy (non-hydrogen) atoms. The van der Waals surface area contributed by atoms with Gasteiger partial charge < -0.3 is 4.90 Å². The number of aromatic nitrogens is 3. The Balaban J connectivity index is 1.83. The summed E-state index contributed by atoms with van der Waals surface area (Å²) >= 11 is 0. The van der Waals surface area contributed by atoms with Gasteiger partial charge in [0.15, 0.2) is 0 Å². The van der Waals surface area contributed by atoms with Gasteiger partial charge >= 0.3 is 0 Å². The van der Waals surface area contributed by atoms with Crippen LogP contribution in [0, 0.1) is 0 Å². The predicted molar refractivity (Wildman–Crippen MR) is 78.5 cm³/mol. The molecule has 0 unspecified atom stereocenters. The number of hydrogen-bond donors (Lipinski definition) is 0. The van der Waals surface area contributed by atoms with E-state index in [2.05, 4.69) is 35.7 Å². The van der Waals surface area contributed by atoms with E-state index < -0.39 is 0 Å². The lowest BCUT2D eigenvalue weighted by Gasteiger charge is -2.16. The van der Waals surface area contributed by atoms with Crippen LogP contribution < -0.4 is 0 Å². The Bertz CT molecular complexity index is 676. The molecule has 0 saturated carbocycles. The fraction of sp³-hybridized carbons (Fsp3) is 0.375. The van der Waals surface area contributed by atoms with E-state index in [1.54, 1.807) is 29.4 Å². The van der Waals surface area contributed by atoms with Crippen molar-refractivity contribution in [3.8, 4) is 0 Å². The van der Waals surface area contributed by atoms with Gasteiger partial charge in [0.1, 0.15) is 5.82 Å². The lowest BCUT2D eigenvalue weighted by atomic mass is 9.95. The zero-order valence-electron chi connectivity index (χ0n) is 12.5. The molecule has 3 heterocycles. The molecule has 0 aliphatic carbocycles. The SMILES string of the molecule is CC(C)(C)c1ncc2c(n1)CN(C(=O)c1ccncc1)C2. The average molecular weight is 282 g/mol. The topological polar surface area (TPSA) is 59.0 Å². The molecule has 3 rings (SSSR count). The van der Waals surface area contributed by atoms with Crippen molar-refractivity contribution >= 4 is 5.91 Å². The molecule has 0 N–H and O–H groups in total. The number of amides is 1. The summed E-state index contributed by atoms with van der Waals surface area (Å²) in [5.74, 6) is 0.826. The molecule has 0 spiro atoms. The van der Waals surface area contributed by atoms with E-state index in [9.17, 15) is 4.79 Å². The Labute approximate surface area is 124 Å². The highest BCUT2D eigenvalue weighted by molar-refractivity contribution is 5.94. The molecule has 2 aromatic rings. The van der Waals surface area contributed by atoms with Crippen LogP contribution in [0.3, 0.4) is 0 Å². The molecule has 1 amide bonds. The van der Waals surface area contributed by atoms with Gasteiger partial charge in [0.2, 0.25) is 0 Å². The minimum atomic E-state index is -0.0858. The van der Waals surface area contributed by atoms with Crippen LogP contribution in [-0.4, -0.2) is 25.8 Å². The van der Waals surface area contributed by atoms with E-state index >= 15 is 0 Å². The molecule has 1 aliphatic heterocycles. The predicted octanol–water partition coefficient (Wildman–Crippen LogP) is 2.33. The van der Waals surface area contributed by atoms with Gasteiger partial charge in [0, 0.05) is 41.7 Å². The Kier molecular flexibility index (Phi) is 3.20. The molecule has 0 bridgehead atoms. The quantitative estimate of drug-likeness (QED) is 0.805. The van der Waals surface area contributed by atoms with Gasteiger partial charge in [-0.3, -0.25) is 9.78 Å². The zero-order valence-corrected chi connectivity index (χ0v) is 12.5. The van der Waals surface area contributed by atoms with E-state index in [4.69, 9.17) is 0 Å². The summed E-state index contributed by atoms with van der Waals surface area (Å²) in [6.07, 6.45) is 5.12. The second-order valence-electron chi connectivity index (χ2n) is 6.31. The van der Waals surface area contributed by atoms with E-state index in [1.807, 2.05) is 6.20 Å². The first-order valence-corrected chi connectivity index (χ1v) is 7.00. The molecule has 0 radical (unpaired) electrons. The molecule has 0 saturated heterocycles. The summed E-state index contributed by atoms with van der Waals surface area (Å²) in [4.78, 5) is 27.2. The molecule has 5 nitrogen and oxygen atoms in total. The molecule has 0 aromatic carbocycles. The molecular formula is C16H18N4O. The number of carbonyl (C=O) groups is 1. The van der Waals surface area contributed by atoms with Crippen LogP contribution in [0.1, 0.15) is 48.2 Å². The summed E-state index contributed by atoms with van der Waals surface area (Å²) in [7, 11) is 0. The normalized spacial score (nSPS) is 14.1. The number of hydrogen-bond acceptors (Lipinski definition) is 4. The van der Waals surface area contributed by atoms with Crippen LogP contribution in [0.2, 0.25) is 0 Å². The highest BCUT2D eigenvalue weighted by Gasteiger charge is 2.27. The second kappa shape index (κ2) is 4.91. The first kappa shape index (κ1) is 13.7. The van der Waals surface area contributed by atoms with Gasteiger partial charge in [-0.1, -0.05) is 20.8 Å². The van der Waals surface area contributed by atoms with Crippen molar-refractivity contribution in [3.05, 3.63) is 53.4 Å². The summed E-state index contributed by atoms with van der Waals surface area (Å²) in [6, 6.07) is 3.47. The number of nitrogens with zero attached hydrogens (tertiary/aromatic N) is 4. The number of rotatable bonds is 1. The summed E-state index contributed by atoms with van der Waals surface area (Å²) in [6.45, 7) is 7.37. The van der Waals surface area contributed by atoms with Gasteiger partial charge in [-0.2, -0.15) is 0 Å². The molecule has 5 heteroatoms. The third-order valence-corrected chi connectivity index (χ3v) is 3.54. The van der Waals surface area contributed by atoms with Crippen molar-refractivity contribution in [1.29, 1.82) is 0 Å². The van der Waals surface area contributed by atoms with Crippen LogP contribution in [-0.2, 0) is 18.5 Å². The lowest BCUT2D eigenvalue weighted by molar-refractivity contribution is 0.0750. The second-order valence-corrected chi connectivity index (χ2v) is 6.31. The Morgan fingerprint density at radius 1 is 1.19 bits per heavy atom. The van der Waals surface area contributed by atoms with E-state index in [0.29, 0.717) is 18.7 Å². The van der Waals surface area contributed by atoms with Crippen molar-refractivity contribution in [1.82, 2.24) is 19.9 Å². The van der Waals surface area contributed by atoms with Crippen LogP contribution in [0.25, 0.3) is 0 Å². The highest BCUT2D eigenvalue weighted by atomic mass is 16.2. The third-order valence-electron chi connectivity index (χ3n) is 3.54. The lowest BCUT2D eigenvalue weighted by Crippen LogP contribution is -2.25. The first-order valence-electron chi connectivity index (χ1n) is 7.00. The molecular weight excluding hydrogens is 264 g/mol. The van der Waals surface area contributed by atoms with Crippen LogP contribution in [0.5, 0.6) is 0 Å². The number of fused-ring (bicyclic) bond motifs is 1. The maximum Gasteiger partial charge on any atom is 0.254 e. The van der Waals surface area contributed by atoms with Crippen molar-refractivity contribution in [2.24, 2.45) is 0 Å². The van der Waals surface area contributed by atoms with Gasteiger partial charge in [0.05, 0.1) is 12.2 Å². The Morgan fingerprint density at radius 2 is 1.90 bits per heavy atom. The van der Waals surface area contributed by atoms with Gasteiger partial charge in [-0.25, -0.2) is 9.97 Å². The van der Waals surface area contributed by atoms with Crippen LogP contribution >= 0.6 is 0 Å². The number of pyridine rings is 1. The van der Waals surface area contributed by atoms with E-state index in [0.717, 1.165) is 17.1 Å². The Hall–Kier alpha value is -2.30. The average Bonchev–Trinajstić information content (AvgIpc) is 2.89. The van der Waals surface area contributed by atoms with Gasteiger partial charge in [0.25, 0.3) is 5.91 Å². The van der Waals surface area contributed by atoms with Crippen LogP contribution in [0.4, 0.5) is 0 Å². The largest absolute Gasteiger partial charge is 0.328 e. The zero-order chi connectivity index (χ0) is 15.0. The Morgan fingerprint density at radius 3 is 2.57 bits per heavy atom. The fourth-order valence-electron chi connectivity index (χ4n) is 2.34. The minimum absolute atomic E-state index is 0.00714. The summed E-state index contributed by atoms with van der Waals surface area (Å²) in [5.41, 5.74) is 2.56. The van der Waals surface area contributed by atoms with Crippen molar-refractivity contribution in [3.63, 3.8) is 0 Å². The number of carbonyl (C=O) groups excluding carboxylic acids is 1. The van der Waals surface area contributed by atoms with Crippen LogP contribution in [0.15, 0.2) is 30.7 Å². The van der Waals surface area contributed by atoms with E-state index in [1.165, 1.54) is 0 Å². The maximum absolute atomic E-state index is 12.4. The summed E-state index contributed by atoms with van der Waals surface area (Å²) < 4.78 is 0. The molecule has 108 valence electrons. The standard InChI is InChI=1S/C16H18N4O/c1-16(2,3)15-18-8-12-9-20(10-13(12)19-15)14(21)11-4-6-17-7-5-11/h4-8H,9-10H2,1-3H3. The summed E-state index contributed by atoms with van der Waals surface area (Å²) in [5, 5.41) is 0. The first-order chi connectivity index (χ1) is 9.95. The third kappa shape index (κ3) is 2.63. The van der Waals surface area contributed by atoms with Crippen molar-refractivity contribution in [2.75, 3.05) is 0 Å². The smallest absolute Gasteiger partial charge is 0.254 e. The minimum Gasteiger partial charge on any atom is -0.328 e. The van der Waals surface area contributed by atoms with Crippen molar-refractivity contribution in [2.45, 2.75) is 39.3 Å². The maximum atomic E-state index is 12.4. The molecule has 1 aliphatic rings. The molecule has 0 atom stereocenters. The fourth-order valence-corrected chi connectivity index (χ4v) is 2.34. The monoisotopic (exact) mass is 282 g/mol. The van der Waals surface area contributed by atoms with Crippen molar-refractivity contribution < 1.29 is 4.79 Å². The van der Waals surface area contributed by atoms with E-state index in [-0.39, 0.29) is 11.3 Å². The van der Waals surface area contributed by atoms with Gasteiger partial charge in [-0.05, 0) is 12.1 Å².